The van der Waals surface area contributed by atoms with Crippen LogP contribution in [0.4, 0.5) is 0 Å². The summed E-state index contributed by atoms with van der Waals surface area (Å²) in [7, 11) is 0. The van der Waals surface area contributed by atoms with Crippen molar-refractivity contribution in [2.24, 2.45) is 0 Å². The summed E-state index contributed by atoms with van der Waals surface area (Å²) in [5.74, 6) is -1.95. The zero-order valence-electron chi connectivity index (χ0n) is 12.7. The van der Waals surface area contributed by atoms with E-state index in [9.17, 15) is 19.5 Å². The van der Waals surface area contributed by atoms with E-state index in [1.807, 2.05) is 0 Å². The standard InChI is InChI=1S/C15H13BrN2O5S2/c16-9-1-2-10(19)8(5-9)6-11-14(23)18(15(24)25-11)7-12(20)17-4-3-13(21)22/h1-2,5-6,19H,3-4,7H2,(H,17,20)(H,21,22)/b11-6-. The molecule has 0 aliphatic carbocycles. The Morgan fingerprint density at radius 3 is 2.80 bits per heavy atom. The minimum Gasteiger partial charge on any atom is -0.507 e. The Bertz CT molecular complexity index is 781. The summed E-state index contributed by atoms with van der Waals surface area (Å²) >= 11 is 9.44. The Labute approximate surface area is 161 Å². The van der Waals surface area contributed by atoms with Crippen molar-refractivity contribution in [3.63, 3.8) is 0 Å². The number of carboxylic acids is 1. The highest BCUT2D eigenvalue weighted by molar-refractivity contribution is 9.10. The molecule has 2 rings (SSSR count). The third kappa shape index (κ3) is 5.28. The molecule has 1 fully saturated rings. The molecule has 2 amide bonds. The second-order valence-corrected chi connectivity index (χ2v) is 7.56. The fourth-order valence-corrected chi connectivity index (χ4v) is 3.55. The first kappa shape index (κ1) is 19.4. The number of aromatic hydroxyl groups is 1. The van der Waals surface area contributed by atoms with Crippen molar-refractivity contribution in [3.05, 3.63) is 33.1 Å². The third-order valence-electron chi connectivity index (χ3n) is 3.11. The van der Waals surface area contributed by atoms with Gasteiger partial charge in [-0.25, -0.2) is 0 Å². The largest absolute Gasteiger partial charge is 0.507 e. The van der Waals surface area contributed by atoms with Gasteiger partial charge in [-0.3, -0.25) is 19.3 Å². The second-order valence-electron chi connectivity index (χ2n) is 4.96. The number of carbonyl (C=O) groups is 3. The number of hydrogen-bond acceptors (Lipinski definition) is 6. The number of thiocarbonyl (C=S) groups is 1. The zero-order valence-corrected chi connectivity index (χ0v) is 15.9. The molecular formula is C15H13BrN2O5S2. The third-order valence-corrected chi connectivity index (χ3v) is 4.98. The average Bonchev–Trinajstić information content (AvgIpc) is 2.78. The number of thioether (sulfide) groups is 1. The molecular weight excluding hydrogens is 432 g/mol. The number of benzene rings is 1. The van der Waals surface area contributed by atoms with Crippen molar-refractivity contribution < 1.29 is 24.6 Å². The molecule has 0 radical (unpaired) electrons. The summed E-state index contributed by atoms with van der Waals surface area (Å²) in [5.41, 5.74) is 0.445. The quantitative estimate of drug-likeness (QED) is 0.454. The van der Waals surface area contributed by atoms with E-state index in [1.165, 1.54) is 12.1 Å². The Kier molecular flexibility index (Phi) is 6.57. The van der Waals surface area contributed by atoms with Gasteiger partial charge in [0, 0.05) is 16.6 Å². The SMILES string of the molecule is O=C(O)CCNC(=O)CN1C(=O)/C(=C/c2cc(Br)ccc2O)SC1=S. The lowest BCUT2D eigenvalue weighted by atomic mass is 10.2. The molecule has 0 spiro atoms. The van der Waals surface area contributed by atoms with Gasteiger partial charge in [-0.05, 0) is 24.3 Å². The maximum Gasteiger partial charge on any atom is 0.305 e. The minimum absolute atomic E-state index is 0.0138. The number of amides is 2. The van der Waals surface area contributed by atoms with Gasteiger partial charge < -0.3 is 15.5 Å². The molecule has 0 aromatic heterocycles. The van der Waals surface area contributed by atoms with Crippen LogP contribution in [0.3, 0.4) is 0 Å². The lowest BCUT2D eigenvalue weighted by Gasteiger charge is -2.13. The number of phenolic OH excluding ortho intramolecular Hbond substituents is 1. The van der Waals surface area contributed by atoms with Crippen LogP contribution in [0.25, 0.3) is 6.08 Å². The summed E-state index contributed by atoms with van der Waals surface area (Å²) in [6, 6.07) is 4.81. The lowest BCUT2D eigenvalue weighted by molar-refractivity contribution is -0.137. The highest BCUT2D eigenvalue weighted by Gasteiger charge is 2.33. The predicted octanol–water partition coefficient (Wildman–Crippen LogP) is 1.95. The van der Waals surface area contributed by atoms with Crippen molar-refractivity contribution in [1.82, 2.24) is 10.2 Å². The molecule has 1 heterocycles. The number of rotatable bonds is 6. The van der Waals surface area contributed by atoms with Gasteiger partial charge in [0.15, 0.2) is 0 Å². The number of aliphatic carboxylic acids is 1. The summed E-state index contributed by atoms with van der Waals surface area (Å²) in [4.78, 5) is 36.1. The molecule has 7 nitrogen and oxygen atoms in total. The van der Waals surface area contributed by atoms with Gasteiger partial charge in [0.1, 0.15) is 16.6 Å². The van der Waals surface area contributed by atoms with E-state index in [2.05, 4.69) is 21.2 Å². The van der Waals surface area contributed by atoms with E-state index >= 15 is 0 Å². The van der Waals surface area contributed by atoms with E-state index in [1.54, 1.807) is 12.1 Å². The maximum absolute atomic E-state index is 12.4. The van der Waals surface area contributed by atoms with Crippen LogP contribution in [0.1, 0.15) is 12.0 Å². The van der Waals surface area contributed by atoms with Crippen LogP contribution >= 0.6 is 39.9 Å². The Morgan fingerprint density at radius 2 is 2.12 bits per heavy atom. The number of halogens is 1. The maximum atomic E-state index is 12.4. The van der Waals surface area contributed by atoms with Crippen molar-refractivity contribution in [1.29, 1.82) is 0 Å². The average molecular weight is 445 g/mol. The Balaban J connectivity index is 2.06. The number of nitrogens with one attached hydrogen (secondary N) is 1. The van der Waals surface area contributed by atoms with E-state index in [0.717, 1.165) is 21.1 Å². The topological polar surface area (TPSA) is 107 Å². The molecule has 0 bridgehead atoms. The molecule has 132 valence electrons. The summed E-state index contributed by atoms with van der Waals surface area (Å²) in [6.07, 6.45) is 1.30. The highest BCUT2D eigenvalue weighted by atomic mass is 79.9. The Morgan fingerprint density at radius 1 is 1.40 bits per heavy atom. The van der Waals surface area contributed by atoms with Gasteiger partial charge in [0.25, 0.3) is 5.91 Å². The molecule has 1 aliphatic rings. The normalized spacial score (nSPS) is 15.7. The van der Waals surface area contributed by atoms with Crippen molar-refractivity contribution in [3.8, 4) is 5.75 Å². The summed E-state index contributed by atoms with van der Waals surface area (Å²) < 4.78 is 0.962. The van der Waals surface area contributed by atoms with E-state index in [0.29, 0.717) is 5.56 Å². The molecule has 1 aromatic carbocycles. The predicted molar refractivity (Wildman–Crippen MR) is 101 cm³/mol. The van der Waals surface area contributed by atoms with E-state index < -0.39 is 17.8 Å². The lowest BCUT2D eigenvalue weighted by Crippen LogP contribution is -2.40. The minimum atomic E-state index is -1.03. The number of carboxylic acid groups (broad SMARTS) is 1. The van der Waals surface area contributed by atoms with Gasteiger partial charge in [0.2, 0.25) is 5.91 Å². The van der Waals surface area contributed by atoms with Gasteiger partial charge in [0.05, 0.1) is 11.3 Å². The van der Waals surface area contributed by atoms with Crippen molar-refractivity contribution in [2.45, 2.75) is 6.42 Å². The molecule has 1 aliphatic heterocycles. The van der Waals surface area contributed by atoms with Gasteiger partial charge in [-0.2, -0.15) is 0 Å². The summed E-state index contributed by atoms with van der Waals surface area (Å²) in [6.45, 7) is -0.309. The van der Waals surface area contributed by atoms with Crippen LogP contribution in [-0.2, 0) is 14.4 Å². The second kappa shape index (κ2) is 8.45. The molecule has 1 aromatic rings. The van der Waals surface area contributed by atoms with Crippen molar-refractivity contribution in [2.75, 3.05) is 13.1 Å². The first-order chi connectivity index (χ1) is 11.8. The molecule has 0 atom stereocenters. The monoisotopic (exact) mass is 444 g/mol. The van der Waals surface area contributed by atoms with Crippen LogP contribution in [0.2, 0.25) is 0 Å². The molecule has 0 saturated carbocycles. The summed E-state index contributed by atoms with van der Waals surface area (Å²) in [5, 5.41) is 20.8. The first-order valence-corrected chi connectivity index (χ1v) is 9.02. The van der Waals surface area contributed by atoms with E-state index in [-0.39, 0.29) is 34.5 Å². The highest BCUT2D eigenvalue weighted by Crippen LogP contribution is 2.34. The smallest absolute Gasteiger partial charge is 0.305 e. The van der Waals surface area contributed by atoms with Crippen LogP contribution < -0.4 is 5.32 Å². The fraction of sp³-hybridized carbons (Fsp3) is 0.200. The first-order valence-electron chi connectivity index (χ1n) is 7.00. The molecule has 3 N–H and O–H groups in total. The van der Waals surface area contributed by atoms with E-state index in [4.69, 9.17) is 17.3 Å². The zero-order chi connectivity index (χ0) is 18.6. The molecule has 25 heavy (non-hydrogen) atoms. The number of hydrogen-bond donors (Lipinski definition) is 3. The Hall–Kier alpha value is -1.91. The fourth-order valence-electron chi connectivity index (χ4n) is 1.93. The molecule has 0 unspecified atom stereocenters. The van der Waals surface area contributed by atoms with Crippen LogP contribution in [-0.4, -0.2) is 50.3 Å². The number of phenols is 1. The van der Waals surface area contributed by atoms with Crippen LogP contribution in [0.5, 0.6) is 5.75 Å². The van der Waals surface area contributed by atoms with Crippen LogP contribution in [0.15, 0.2) is 27.6 Å². The molecule has 10 heteroatoms. The number of carbonyl (C=O) groups excluding carboxylic acids is 2. The number of nitrogens with zero attached hydrogens (tertiary/aromatic N) is 1. The molecule has 1 saturated heterocycles. The van der Waals surface area contributed by atoms with Gasteiger partial charge in [-0.1, -0.05) is 39.9 Å². The van der Waals surface area contributed by atoms with Crippen LogP contribution in [0, 0.1) is 0 Å². The van der Waals surface area contributed by atoms with Gasteiger partial charge >= 0.3 is 5.97 Å². The van der Waals surface area contributed by atoms with Crippen molar-refractivity contribution >= 4 is 68.1 Å². The van der Waals surface area contributed by atoms with Gasteiger partial charge in [-0.15, -0.1) is 0 Å².